The van der Waals surface area contributed by atoms with E-state index in [-0.39, 0.29) is 22.8 Å². The van der Waals surface area contributed by atoms with Crippen LogP contribution in [0.4, 0.5) is 17.1 Å². The molecule has 3 heterocycles. The molecule has 0 unspecified atom stereocenters. The molecule has 0 radical (unpaired) electrons. The van der Waals surface area contributed by atoms with Gasteiger partial charge in [-0.25, -0.2) is 0 Å². The van der Waals surface area contributed by atoms with Crippen molar-refractivity contribution in [3.05, 3.63) is 45.3 Å². The van der Waals surface area contributed by atoms with Crippen molar-refractivity contribution in [3.63, 3.8) is 0 Å². The molecule has 2 amide bonds. The first-order valence-corrected chi connectivity index (χ1v) is 8.43. The lowest BCUT2D eigenvalue weighted by molar-refractivity contribution is -0.385. The number of nitrogens with zero attached hydrogens (tertiary/aromatic N) is 7. The predicted molar refractivity (Wildman–Crippen MR) is 102 cm³/mol. The SMILES string of the molecule is Cc1c(NC(=O)c2c(NC(=O)c3nn(C)c(C)c3[N+](=O)[O-])cnn2C)cnn1C. The van der Waals surface area contributed by atoms with Crippen LogP contribution < -0.4 is 10.6 Å². The van der Waals surface area contributed by atoms with Gasteiger partial charge in [-0.15, -0.1) is 0 Å². The van der Waals surface area contributed by atoms with Crippen molar-refractivity contribution < 1.29 is 14.5 Å². The molecule has 0 fully saturated rings. The maximum Gasteiger partial charge on any atom is 0.322 e. The number of aryl methyl sites for hydroxylation is 3. The third kappa shape index (κ3) is 3.44. The fraction of sp³-hybridized carbons (Fsp3) is 0.312. The number of carbonyl (C=O) groups excluding carboxylic acids is 2. The van der Waals surface area contributed by atoms with E-state index in [1.54, 1.807) is 18.7 Å². The minimum atomic E-state index is -0.819. The normalized spacial score (nSPS) is 10.8. The lowest BCUT2D eigenvalue weighted by Crippen LogP contribution is -2.21. The molecular formula is C16H19N9O4. The lowest BCUT2D eigenvalue weighted by Gasteiger charge is -2.08. The van der Waals surface area contributed by atoms with E-state index in [4.69, 9.17) is 0 Å². The van der Waals surface area contributed by atoms with Crippen molar-refractivity contribution in [2.24, 2.45) is 21.1 Å². The van der Waals surface area contributed by atoms with E-state index in [0.717, 1.165) is 5.69 Å². The molecule has 0 bridgehead atoms. The van der Waals surface area contributed by atoms with Gasteiger partial charge in [0.25, 0.3) is 11.8 Å². The van der Waals surface area contributed by atoms with Crippen LogP contribution in [0.3, 0.4) is 0 Å². The molecule has 3 aromatic heterocycles. The summed E-state index contributed by atoms with van der Waals surface area (Å²) >= 11 is 0. The van der Waals surface area contributed by atoms with Crippen LogP contribution in [0.25, 0.3) is 0 Å². The topological polar surface area (TPSA) is 155 Å². The first-order chi connectivity index (χ1) is 13.6. The molecule has 0 spiro atoms. The number of nitro groups is 1. The average molecular weight is 401 g/mol. The van der Waals surface area contributed by atoms with Gasteiger partial charge in [-0.3, -0.25) is 33.7 Å². The first kappa shape index (κ1) is 19.7. The predicted octanol–water partition coefficient (Wildman–Crippen LogP) is 0.917. The highest BCUT2D eigenvalue weighted by Crippen LogP contribution is 2.24. The standard InChI is InChI=1S/C16H19N9O4/c1-8-10(6-17-22(8)3)19-16(27)14-11(7-18-24(14)5)20-15(26)12-13(25(28)29)9(2)23(4)21-12/h6-7H,1-5H3,(H,19,27)(H,20,26). The Morgan fingerprint density at radius 2 is 1.52 bits per heavy atom. The minimum absolute atomic E-state index is 0.0666. The third-order valence-electron chi connectivity index (χ3n) is 4.59. The average Bonchev–Trinajstić information content (AvgIpc) is 3.27. The molecule has 3 aromatic rings. The summed E-state index contributed by atoms with van der Waals surface area (Å²) in [5.74, 6) is -1.34. The van der Waals surface area contributed by atoms with Crippen LogP contribution in [0.1, 0.15) is 32.4 Å². The summed E-state index contributed by atoms with van der Waals surface area (Å²) in [6.45, 7) is 3.28. The number of aromatic nitrogens is 6. The van der Waals surface area contributed by atoms with Gasteiger partial charge in [-0.1, -0.05) is 0 Å². The Kier molecular flexibility index (Phi) is 4.88. The number of rotatable bonds is 5. The Balaban J connectivity index is 1.89. The summed E-state index contributed by atoms with van der Waals surface area (Å²) in [6, 6.07) is 0. The van der Waals surface area contributed by atoms with Gasteiger partial charge in [0, 0.05) is 21.1 Å². The van der Waals surface area contributed by atoms with Crippen molar-refractivity contribution in [2.45, 2.75) is 13.8 Å². The molecule has 29 heavy (non-hydrogen) atoms. The number of hydrogen-bond acceptors (Lipinski definition) is 7. The highest BCUT2D eigenvalue weighted by atomic mass is 16.6. The summed E-state index contributed by atoms with van der Waals surface area (Å²) in [4.78, 5) is 36.0. The van der Waals surface area contributed by atoms with Crippen LogP contribution in [0.5, 0.6) is 0 Å². The molecule has 13 nitrogen and oxygen atoms in total. The zero-order valence-corrected chi connectivity index (χ0v) is 16.4. The molecule has 0 atom stereocenters. The highest BCUT2D eigenvalue weighted by molar-refractivity contribution is 6.12. The number of hydrogen-bond donors (Lipinski definition) is 2. The fourth-order valence-electron chi connectivity index (χ4n) is 2.75. The summed E-state index contributed by atoms with van der Waals surface area (Å²) in [7, 11) is 4.77. The summed E-state index contributed by atoms with van der Waals surface area (Å²) in [5.41, 5.74) is 0.888. The minimum Gasteiger partial charge on any atom is -0.318 e. The van der Waals surface area contributed by atoms with Crippen LogP contribution in [0.15, 0.2) is 12.4 Å². The van der Waals surface area contributed by atoms with E-state index >= 15 is 0 Å². The van der Waals surface area contributed by atoms with Crippen LogP contribution in [-0.4, -0.2) is 46.1 Å². The van der Waals surface area contributed by atoms with Crippen molar-refractivity contribution in [1.29, 1.82) is 0 Å². The fourth-order valence-corrected chi connectivity index (χ4v) is 2.75. The quantitative estimate of drug-likeness (QED) is 0.476. The molecule has 0 aliphatic carbocycles. The number of carbonyl (C=O) groups is 2. The number of amides is 2. The van der Waals surface area contributed by atoms with Crippen LogP contribution >= 0.6 is 0 Å². The van der Waals surface area contributed by atoms with Gasteiger partial charge in [-0.2, -0.15) is 15.3 Å². The van der Waals surface area contributed by atoms with Gasteiger partial charge in [0.2, 0.25) is 5.69 Å². The third-order valence-corrected chi connectivity index (χ3v) is 4.59. The second-order valence-electron chi connectivity index (χ2n) is 6.37. The number of nitrogens with one attached hydrogen (secondary N) is 2. The van der Waals surface area contributed by atoms with E-state index in [1.165, 1.54) is 42.8 Å². The second-order valence-corrected chi connectivity index (χ2v) is 6.37. The van der Waals surface area contributed by atoms with E-state index in [1.807, 2.05) is 0 Å². The molecule has 152 valence electrons. The van der Waals surface area contributed by atoms with E-state index in [0.29, 0.717) is 5.69 Å². The van der Waals surface area contributed by atoms with Gasteiger partial charge >= 0.3 is 5.69 Å². The van der Waals surface area contributed by atoms with Crippen LogP contribution in [-0.2, 0) is 21.1 Å². The Morgan fingerprint density at radius 1 is 0.931 bits per heavy atom. The monoisotopic (exact) mass is 401 g/mol. The largest absolute Gasteiger partial charge is 0.322 e. The molecule has 0 saturated carbocycles. The Morgan fingerprint density at radius 3 is 2.10 bits per heavy atom. The second kappa shape index (κ2) is 7.18. The van der Waals surface area contributed by atoms with Crippen LogP contribution in [0, 0.1) is 24.0 Å². The van der Waals surface area contributed by atoms with Gasteiger partial charge in [0.05, 0.1) is 34.4 Å². The highest BCUT2D eigenvalue weighted by Gasteiger charge is 2.30. The first-order valence-electron chi connectivity index (χ1n) is 8.43. The van der Waals surface area contributed by atoms with Gasteiger partial charge in [0.1, 0.15) is 11.4 Å². The van der Waals surface area contributed by atoms with E-state index in [2.05, 4.69) is 25.9 Å². The Hall–Kier alpha value is -4.03. The van der Waals surface area contributed by atoms with E-state index < -0.39 is 22.4 Å². The smallest absolute Gasteiger partial charge is 0.318 e. The molecule has 0 aliphatic rings. The Bertz CT molecular complexity index is 1140. The van der Waals surface area contributed by atoms with Gasteiger partial charge in [0.15, 0.2) is 0 Å². The zero-order chi connectivity index (χ0) is 21.5. The summed E-state index contributed by atoms with van der Waals surface area (Å²) in [5, 5.41) is 28.5. The van der Waals surface area contributed by atoms with Crippen molar-refractivity contribution in [1.82, 2.24) is 29.3 Å². The Labute approximate surface area is 164 Å². The molecule has 0 saturated heterocycles. The maximum absolute atomic E-state index is 12.7. The number of anilines is 2. The van der Waals surface area contributed by atoms with Crippen LogP contribution in [0.2, 0.25) is 0 Å². The summed E-state index contributed by atoms with van der Waals surface area (Å²) < 4.78 is 4.13. The van der Waals surface area contributed by atoms with E-state index in [9.17, 15) is 19.7 Å². The molecule has 0 aromatic carbocycles. The molecule has 3 rings (SSSR count). The lowest BCUT2D eigenvalue weighted by atomic mass is 10.2. The maximum atomic E-state index is 12.7. The zero-order valence-electron chi connectivity index (χ0n) is 16.4. The van der Waals surface area contributed by atoms with Gasteiger partial charge < -0.3 is 10.6 Å². The van der Waals surface area contributed by atoms with Crippen molar-refractivity contribution in [2.75, 3.05) is 10.6 Å². The van der Waals surface area contributed by atoms with Crippen molar-refractivity contribution in [3.8, 4) is 0 Å². The molecule has 13 heteroatoms. The van der Waals surface area contributed by atoms with Gasteiger partial charge in [-0.05, 0) is 13.8 Å². The molecule has 0 aliphatic heterocycles. The molecular weight excluding hydrogens is 382 g/mol. The summed E-state index contributed by atoms with van der Waals surface area (Å²) in [6.07, 6.45) is 2.78. The molecule has 2 N–H and O–H groups in total. The van der Waals surface area contributed by atoms with Crippen molar-refractivity contribution >= 4 is 28.9 Å².